The van der Waals surface area contributed by atoms with Crippen LogP contribution in [-0.2, 0) is 6.54 Å². The molecule has 1 aromatic carbocycles. The van der Waals surface area contributed by atoms with E-state index in [0.29, 0.717) is 29.4 Å². The highest BCUT2D eigenvalue weighted by atomic mass is 16.5. The van der Waals surface area contributed by atoms with Crippen molar-refractivity contribution >= 4 is 5.91 Å². The SMILES string of the molecule is COc1cc(C(=O)NCc2cn[nH]c2)cc(OC)c1OC. The van der Waals surface area contributed by atoms with Crippen LogP contribution in [0.2, 0.25) is 0 Å². The minimum atomic E-state index is -0.240. The molecule has 7 heteroatoms. The molecule has 7 nitrogen and oxygen atoms in total. The molecule has 2 N–H and O–H groups in total. The number of H-pyrrole nitrogens is 1. The summed E-state index contributed by atoms with van der Waals surface area (Å²) in [6.45, 7) is 0.381. The number of nitrogens with zero attached hydrogens (tertiary/aromatic N) is 1. The number of rotatable bonds is 6. The van der Waals surface area contributed by atoms with Crippen molar-refractivity contribution in [3.05, 3.63) is 35.7 Å². The van der Waals surface area contributed by atoms with Crippen LogP contribution in [0, 0.1) is 0 Å². The van der Waals surface area contributed by atoms with E-state index in [9.17, 15) is 4.79 Å². The van der Waals surface area contributed by atoms with E-state index in [4.69, 9.17) is 14.2 Å². The van der Waals surface area contributed by atoms with Gasteiger partial charge in [-0.25, -0.2) is 0 Å². The summed E-state index contributed by atoms with van der Waals surface area (Å²) < 4.78 is 15.7. The molecule has 0 aliphatic rings. The average Bonchev–Trinajstić information content (AvgIpc) is 3.04. The van der Waals surface area contributed by atoms with Gasteiger partial charge in [-0.15, -0.1) is 0 Å². The molecule has 0 saturated carbocycles. The zero-order valence-corrected chi connectivity index (χ0v) is 12.1. The van der Waals surface area contributed by atoms with E-state index in [0.717, 1.165) is 5.56 Å². The van der Waals surface area contributed by atoms with Gasteiger partial charge in [-0.2, -0.15) is 5.10 Å². The van der Waals surface area contributed by atoms with Crippen molar-refractivity contribution in [2.75, 3.05) is 21.3 Å². The van der Waals surface area contributed by atoms with Gasteiger partial charge in [-0.1, -0.05) is 0 Å². The fourth-order valence-corrected chi connectivity index (χ4v) is 1.87. The van der Waals surface area contributed by atoms with Gasteiger partial charge in [0, 0.05) is 23.9 Å². The number of carbonyl (C=O) groups excluding carboxylic acids is 1. The lowest BCUT2D eigenvalue weighted by molar-refractivity contribution is 0.0950. The monoisotopic (exact) mass is 291 g/mol. The summed E-state index contributed by atoms with van der Waals surface area (Å²) in [7, 11) is 4.52. The molecular weight excluding hydrogens is 274 g/mol. The zero-order chi connectivity index (χ0) is 15.2. The second-order valence-corrected chi connectivity index (χ2v) is 4.20. The predicted octanol–water partition coefficient (Wildman–Crippen LogP) is 1.37. The Morgan fingerprint density at radius 3 is 2.33 bits per heavy atom. The first-order valence-corrected chi connectivity index (χ1v) is 6.25. The van der Waals surface area contributed by atoms with Crippen molar-refractivity contribution in [3.8, 4) is 17.2 Å². The number of amides is 1. The fourth-order valence-electron chi connectivity index (χ4n) is 1.87. The maximum atomic E-state index is 12.2. The largest absolute Gasteiger partial charge is 0.493 e. The van der Waals surface area contributed by atoms with Gasteiger partial charge in [0.1, 0.15) is 0 Å². The zero-order valence-electron chi connectivity index (χ0n) is 12.1. The molecule has 0 fully saturated rings. The summed E-state index contributed by atoms with van der Waals surface area (Å²) in [6, 6.07) is 3.21. The van der Waals surface area contributed by atoms with Gasteiger partial charge in [-0.3, -0.25) is 9.89 Å². The number of hydrogen-bond donors (Lipinski definition) is 2. The van der Waals surface area contributed by atoms with Crippen molar-refractivity contribution in [3.63, 3.8) is 0 Å². The van der Waals surface area contributed by atoms with Crippen LogP contribution in [0.25, 0.3) is 0 Å². The highest BCUT2D eigenvalue weighted by Crippen LogP contribution is 2.38. The van der Waals surface area contributed by atoms with Crippen molar-refractivity contribution in [1.29, 1.82) is 0 Å². The van der Waals surface area contributed by atoms with Gasteiger partial charge < -0.3 is 19.5 Å². The molecule has 21 heavy (non-hydrogen) atoms. The smallest absolute Gasteiger partial charge is 0.251 e. The Labute approximate surface area is 122 Å². The van der Waals surface area contributed by atoms with Gasteiger partial charge in [-0.05, 0) is 12.1 Å². The third-order valence-corrected chi connectivity index (χ3v) is 2.93. The summed E-state index contributed by atoms with van der Waals surface area (Å²) in [6.07, 6.45) is 3.37. The number of ether oxygens (including phenoxy) is 3. The van der Waals surface area contributed by atoms with Gasteiger partial charge in [0.2, 0.25) is 5.75 Å². The minimum absolute atomic E-state index is 0.240. The summed E-state index contributed by atoms with van der Waals surface area (Å²) in [5, 5.41) is 9.30. The van der Waals surface area contributed by atoms with E-state index < -0.39 is 0 Å². The first kappa shape index (κ1) is 14.7. The average molecular weight is 291 g/mol. The number of aromatic amines is 1. The topological polar surface area (TPSA) is 85.5 Å². The molecule has 1 aromatic heterocycles. The van der Waals surface area contributed by atoms with E-state index >= 15 is 0 Å². The molecule has 0 saturated heterocycles. The van der Waals surface area contributed by atoms with Gasteiger partial charge in [0.05, 0.1) is 27.5 Å². The Hall–Kier alpha value is -2.70. The summed E-state index contributed by atoms with van der Waals surface area (Å²) in [5.74, 6) is 1.08. The molecule has 2 rings (SSSR count). The first-order valence-electron chi connectivity index (χ1n) is 6.25. The quantitative estimate of drug-likeness (QED) is 0.839. The van der Waals surface area contributed by atoms with Gasteiger partial charge in [0.25, 0.3) is 5.91 Å². The molecule has 1 amide bonds. The molecule has 1 heterocycles. The van der Waals surface area contributed by atoms with Crippen molar-refractivity contribution < 1.29 is 19.0 Å². The van der Waals surface area contributed by atoms with Crippen LogP contribution in [0.5, 0.6) is 17.2 Å². The van der Waals surface area contributed by atoms with Crippen molar-refractivity contribution in [1.82, 2.24) is 15.5 Å². The number of carbonyl (C=O) groups is 1. The maximum Gasteiger partial charge on any atom is 0.251 e. The molecule has 0 spiro atoms. The Balaban J connectivity index is 2.20. The maximum absolute atomic E-state index is 12.2. The highest BCUT2D eigenvalue weighted by Gasteiger charge is 2.16. The summed E-state index contributed by atoms with van der Waals surface area (Å²) in [5.41, 5.74) is 1.31. The van der Waals surface area contributed by atoms with Crippen LogP contribution >= 0.6 is 0 Å². The lowest BCUT2D eigenvalue weighted by Gasteiger charge is -2.14. The molecule has 0 radical (unpaired) electrons. The van der Waals surface area contributed by atoms with Crippen LogP contribution in [0.1, 0.15) is 15.9 Å². The summed E-state index contributed by atoms with van der Waals surface area (Å²) in [4.78, 5) is 12.2. The number of hydrogen-bond acceptors (Lipinski definition) is 5. The highest BCUT2D eigenvalue weighted by molar-refractivity contribution is 5.95. The molecule has 0 atom stereocenters. The normalized spacial score (nSPS) is 10.0. The van der Waals surface area contributed by atoms with Crippen LogP contribution < -0.4 is 19.5 Å². The molecule has 2 aromatic rings. The molecule has 0 unspecified atom stereocenters. The third kappa shape index (κ3) is 3.25. The Bertz CT molecular complexity index is 586. The Morgan fingerprint density at radius 2 is 1.86 bits per heavy atom. The second-order valence-electron chi connectivity index (χ2n) is 4.20. The Kier molecular flexibility index (Phi) is 4.65. The summed E-state index contributed by atoms with van der Waals surface area (Å²) >= 11 is 0. The fraction of sp³-hybridized carbons (Fsp3) is 0.286. The van der Waals surface area contributed by atoms with Crippen molar-refractivity contribution in [2.45, 2.75) is 6.54 Å². The molecular formula is C14H17N3O4. The molecule has 0 aliphatic carbocycles. The standard InChI is InChI=1S/C14H17N3O4/c1-19-11-4-10(5-12(20-2)13(11)21-3)14(18)15-6-9-7-16-17-8-9/h4-5,7-8H,6H2,1-3H3,(H,15,18)(H,16,17). The van der Waals surface area contributed by atoms with E-state index in [1.54, 1.807) is 24.5 Å². The van der Waals surface area contributed by atoms with Crippen LogP contribution in [-0.4, -0.2) is 37.4 Å². The van der Waals surface area contributed by atoms with Crippen molar-refractivity contribution in [2.24, 2.45) is 0 Å². The number of aromatic nitrogens is 2. The lowest BCUT2D eigenvalue weighted by Crippen LogP contribution is -2.22. The molecule has 112 valence electrons. The number of benzene rings is 1. The van der Waals surface area contributed by atoms with Crippen LogP contribution in [0.3, 0.4) is 0 Å². The molecule has 0 aliphatic heterocycles. The number of methoxy groups -OCH3 is 3. The Morgan fingerprint density at radius 1 is 1.19 bits per heavy atom. The van der Waals surface area contributed by atoms with Crippen LogP contribution in [0.4, 0.5) is 0 Å². The third-order valence-electron chi connectivity index (χ3n) is 2.93. The lowest BCUT2D eigenvalue weighted by atomic mass is 10.1. The minimum Gasteiger partial charge on any atom is -0.493 e. The van der Waals surface area contributed by atoms with Gasteiger partial charge >= 0.3 is 0 Å². The van der Waals surface area contributed by atoms with Crippen LogP contribution in [0.15, 0.2) is 24.5 Å². The molecule has 0 bridgehead atoms. The van der Waals surface area contributed by atoms with Gasteiger partial charge in [0.15, 0.2) is 11.5 Å². The van der Waals surface area contributed by atoms with E-state index in [1.807, 2.05) is 0 Å². The number of nitrogens with one attached hydrogen (secondary N) is 2. The first-order chi connectivity index (χ1) is 10.2. The van der Waals surface area contributed by atoms with E-state index in [-0.39, 0.29) is 5.91 Å². The second kappa shape index (κ2) is 6.65. The predicted molar refractivity (Wildman–Crippen MR) is 75.9 cm³/mol. The van der Waals surface area contributed by atoms with E-state index in [1.165, 1.54) is 21.3 Å². The van der Waals surface area contributed by atoms with E-state index in [2.05, 4.69) is 15.5 Å².